The first kappa shape index (κ1) is 15.7. The van der Waals surface area contributed by atoms with Crippen LogP contribution in [0.15, 0.2) is 0 Å². The van der Waals surface area contributed by atoms with Crippen LogP contribution < -0.4 is 5.73 Å². The van der Waals surface area contributed by atoms with E-state index in [9.17, 15) is 0 Å². The van der Waals surface area contributed by atoms with Crippen LogP contribution in [-0.2, 0) is 0 Å². The van der Waals surface area contributed by atoms with Gasteiger partial charge in [-0.1, -0.05) is 87.3 Å². The van der Waals surface area contributed by atoms with Crippen molar-refractivity contribution in [3.8, 4) is 0 Å². The SMILES string of the molecule is CCCCCCCCCCCC(I)CN. The topological polar surface area (TPSA) is 26.0 Å². The first-order valence-corrected chi connectivity index (χ1v) is 7.90. The van der Waals surface area contributed by atoms with Gasteiger partial charge in [-0.05, 0) is 6.42 Å². The van der Waals surface area contributed by atoms with Crippen LogP contribution in [0.1, 0.15) is 71.1 Å². The highest BCUT2D eigenvalue weighted by Crippen LogP contribution is 2.13. The fourth-order valence-electron chi connectivity index (χ4n) is 1.79. The third-order valence-electron chi connectivity index (χ3n) is 2.88. The summed E-state index contributed by atoms with van der Waals surface area (Å²) in [5, 5.41) is 0. The molecule has 0 saturated carbocycles. The molecule has 0 saturated heterocycles. The lowest BCUT2D eigenvalue weighted by Crippen LogP contribution is -2.12. The first-order valence-electron chi connectivity index (χ1n) is 6.65. The standard InChI is InChI=1S/C13H28IN/c1-2-3-4-5-6-7-8-9-10-11-13(14)12-15/h13H,2-12,15H2,1H3. The lowest BCUT2D eigenvalue weighted by atomic mass is 10.1. The van der Waals surface area contributed by atoms with Gasteiger partial charge in [0.15, 0.2) is 0 Å². The summed E-state index contributed by atoms with van der Waals surface area (Å²) in [6, 6.07) is 0. The van der Waals surface area contributed by atoms with Crippen LogP contribution in [0.5, 0.6) is 0 Å². The van der Waals surface area contributed by atoms with E-state index in [2.05, 4.69) is 29.5 Å². The van der Waals surface area contributed by atoms with Crippen molar-refractivity contribution in [3.05, 3.63) is 0 Å². The molecule has 1 unspecified atom stereocenters. The molecule has 0 bridgehead atoms. The predicted molar refractivity (Wildman–Crippen MR) is 78.7 cm³/mol. The minimum absolute atomic E-state index is 0.701. The van der Waals surface area contributed by atoms with Gasteiger partial charge in [-0.3, -0.25) is 0 Å². The Morgan fingerprint density at radius 1 is 0.867 bits per heavy atom. The van der Waals surface area contributed by atoms with Crippen molar-refractivity contribution < 1.29 is 0 Å². The zero-order valence-electron chi connectivity index (χ0n) is 10.3. The molecule has 92 valence electrons. The van der Waals surface area contributed by atoms with E-state index >= 15 is 0 Å². The molecule has 0 aromatic rings. The summed E-state index contributed by atoms with van der Waals surface area (Å²) in [6.45, 7) is 3.12. The van der Waals surface area contributed by atoms with Crippen molar-refractivity contribution in [2.45, 2.75) is 75.1 Å². The number of unbranched alkanes of at least 4 members (excludes halogenated alkanes) is 8. The summed E-state index contributed by atoms with van der Waals surface area (Å²) in [6.07, 6.45) is 14.1. The lowest BCUT2D eigenvalue weighted by Gasteiger charge is -2.05. The molecule has 0 rings (SSSR count). The molecule has 15 heavy (non-hydrogen) atoms. The Balaban J connectivity index is 2.92. The van der Waals surface area contributed by atoms with Crippen LogP contribution in [0.2, 0.25) is 0 Å². The Kier molecular flexibility index (Phi) is 13.3. The van der Waals surface area contributed by atoms with Crippen LogP contribution in [0.4, 0.5) is 0 Å². The molecule has 1 atom stereocenters. The number of nitrogens with two attached hydrogens (primary N) is 1. The molecule has 0 aliphatic rings. The number of hydrogen-bond acceptors (Lipinski definition) is 1. The van der Waals surface area contributed by atoms with Crippen molar-refractivity contribution in [1.82, 2.24) is 0 Å². The molecule has 0 spiro atoms. The van der Waals surface area contributed by atoms with E-state index in [0.717, 1.165) is 6.54 Å². The van der Waals surface area contributed by atoms with Crippen LogP contribution >= 0.6 is 22.6 Å². The van der Waals surface area contributed by atoms with Crippen molar-refractivity contribution in [1.29, 1.82) is 0 Å². The highest BCUT2D eigenvalue weighted by molar-refractivity contribution is 14.1. The fraction of sp³-hybridized carbons (Fsp3) is 1.00. The molecule has 0 fully saturated rings. The summed E-state index contributed by atoms with van der Waals surface area (Å²) in [7, 11) is 0. The molecular weight excluding hydrogens is 297 g/mol. The molecule has 0 amide bonds. The summed E-state index contributed by atoms with van der Waals surface area (Å²) in [5.74, 6) is 0. The summed E-state index contributed by atoms with van der Waals surface area (Å²) >= 11 is 2.46. The van der Waals surface area contributed by atoms with E-state index in [1.807, 2.05) is 0 Å². The van der Waals surface area contributed by atoms with Crippen LogP contribution in [0.3, 0.4) is 0 Å². The highest BCUT2D eigenvalue weighted by atomic mass is 127. The quantitative estimate of drug-likeness (QED) is 0.333. The largest absolute Gasteiger partial charge is 0.329 e. The fourth-order valence-corrected chi connectivity index (χ4v) is 2.23. The van der Waals surface area contributed by atoms with Gasteiger partial charge in [0.2, 0.25) is 0 Å². The molecule has 0 aliphatic carbocycles. The van der Waals surface area contributed by atoms with Crippen LogP contribution in [0, 0.1) is 0 Å². The number of alkyl halides is 1. The average molecular weight is 325 g/mol. The third-order valence-corrected chi connectivity index (χ3v) is 4.01. The maximum atomic E-state index is 5.57. The van der Waals surface area contributed by atoms with Gasteiger partial charge in [-0.2, -0.15) is 0 Å². The van der Waals surface area contributed by atoms with Gasteiger partial charge in [0.1, 0.15) is 0 Å². The number of hydrogen-bond donors (Lipinski definition) is 1. The minimum Gasteiger partial charge on any atom is -0.329 e. The monoisotopic (exact) mass is 325 g/mol. The van der Waals surface area contributed by atoms with Crippen LogP contribution in [0.25, 0.3) is 0 Å². The predicted octanol–water partition coefficient (Wildman–Crippen LogP) is 4.67. The van der Waals surface area contributed by atoms with Gasteiger partial charge >= 0.3 is 0 Å². The molecule has 2 N–H and O–H groups in total. The van der Waals surface area contributed by atoms with Gasteiger partial charge in [0.25, 0.3) is 0 Å². The maximum Gasteiger partial charge on any atom is 0.0232 e. The highest BCUT2D eigenvalue weighted by Gasteiger charge is 1.99. The Hall–Kier alpha value is 0.690. The van der Waals surface area contributed by atoms with E-state index in [1.54, 1.807) is 0 Å². The molecule has 0 radical (unpaired) electrons. The van der Waals surface area contributed by atoms with E-state index in [4.69, 9.17) is 5.73 Å². The molecule has 2 heteroatoms. The van der Waals surface area contributed by atoms with E-state index in [-0.39, 0.29) is 0 Å². The van der Waals surface area contributed by atoms with Gasteiger partial charge in [-0.15, -0.1) is 0 Å². The lowest BCUT2D eigenvalue weighted by molar-refractivity contribution is 0.555. The zero-order valence-corrected chi connectivity index (χ0v) is 12.5. The summed E-state index contributed by atoms with van der Waals surface area (Å²) in [5.41, 5.74) is 5.57. The second-order valence-corrected chi connectivity index (χ2v) is 6.21. The van der Waals surface area contributed by atoms with E-state index in [1.165, 1.54) is 64.2 Å². The van der Waals surface area contributed by atoms with Crippen molar-refractivity contribution in [2.24, 2.45) is 5.73 Å². The summed E-state index contributed by atoms with van der Waals surface area (Å²) < 4.78 is 0.701. The Labute approximate surface area is 110 Å². The Morgan fingerprint density at radius 2 is 1.33 bits per heavy atom. The van der Waals surface area contributed by atoms with Crippen molar-refractivity contribution in [2.75, 3.05) is 6.54 Å². The Morgan fingerprint density at radius 3 is 1.80 bits per heavy atom. The van der Waals surface area contributed by atoms with E-state index < -0.39 is 0 Å². The minimum atomic E-state index is 0.701. The van der Waals surface area contributed by atoms with Gasteiger partial charge in [0, 0.05) is 10.5 Å². The van der Waals surface area contributed by atoms with Gasteiger partial charge in [-0.25, -0.2) is 0 Å². The molecular formula is C13H28IN. The normalized spacial score (nSPS) is 13.0. The third kappa shape index (κ3) is 12.6. The molecule has 0 heterocycles. The Bertz CT molecular complexity index is 117. The second-order valence-electron chi connectivity index (χ2n) is 4.45. The zero-order chi connectivity index (χ0) is 11.4. The molecule has 0 aromatic heterocycles. The van der Waals surface area contributed by atoms with Gasteiger partial charge in [0.05, 0.1) is 0 Å². The number of rotatable bonds is 11. The van der Waals surface area contributed by atoms with E-state index in [0.29, 0.717) is 3.92 Å². The van der Waals surface area contributed by atoms with Crippen molar-refractivity contribution in [3.63, 3.8) is 0 Å². The van der Waals surface area contributed by atoms with Gasteiger partial charge < -0.3 is 5.73 Å². The molecule has 1 nitrogen and oxygen atoms in total. The average Bonchev–Trinajstić information content (AvgIpc) is 2.26. The smallest absolute Gasteiger partial charge is 0.0232 e. The maximum absolute atomic E-state index is 5.57. The summed E-state index contributed by atoms with van der Waals surface area (Å²) in [4.78, 5) is 0. The van der Waals surface area contributed by atoms with Crippen LogP contribution in [-0.4, -0.2) is 10.5 Å². The van der Waals surface area contributed by atoms with Crippen molar-refractivity contribution >= 4 is 22.6 Å². The molecule has 0 aliphatic heterocycles. The molecule has 0 aromatic carbocycles. The second kappa shape index (κ2) is 12.8. The first-order chi connectivity index (χ1) is 7.31. The number of halogens is 1.